The molecule has 1 fully saturated rings. The van der Waals surface area contributed by atoms with Crippen LogP contribution in [0.1, 0.15) is 37.7 Å². The molecule has 1 unspecified atom stereocenters. The summed E-state index contributed by atoms with van der Waals surface area (Å²) in [6, 6.07) is 4.60. The van der Waals surface area contributed by atoms with E-state index in [2.05, 4.69) is 0 Å². The van der Waals surface area contributed by atoms with Gasteiger partial charge >= 0.3 is 8.56 Å². The van der Waals surface area contributed by atoms with Gasteiger partial charge in [0.2, 0.25) is 0 Å². The van der Waals surface area contributed by atoms with E-state index in [-0.39, 0.29) is 5.22 Å². The van der Waals surface area contributed by atoms with E-state index in [0.717, 1.165) is 44.2 Å². The molecule has 0 radical (unpaired) electrons. The first-order chi connectivity index (χ1) is 11.0. The molecule has 1 aromatic rings. The summed E-state index contributed by atoms with van der Waals surface area (Å²) in [7, 11) is 2.68. The molecule has 1 aliphatic heterocycles. The van der Waals surface area contributed by atoms with Crippen molar-refractivity contribution >= 4 is 8.56 Å². The lowest BCUT2D eigenvalue weighted by molar-refractivity contribution is -0.0156. The third-order valence-corrected chi connectivity index (χ3v) is 9.47. The summed E-state index contributed by atoms with van der Waals surface area (Å²) in [6.45, 7) is 0. The first-order valence-corrected chi connectivity index (χ1v) is 10.1. The highest BCUT2D eigenvalue weighted by molar-refractivity contribution is 6.70. The lowest BCUT2D eigenvalue weighted by Crippen LogP contribution is -2.64. The molecule has 0 aromatic heterocycles. The van der Waals surface area contributed by atoms with Gasteiger partial charge in [0.25, 0.3) is 0 Å². The summed E-state index contributed by atoms with van der Waals surface area (Å²) in [5.74, 6) is -1.06. The Bertz CT molecular complexity index is 502. The number of hydrogen-bond donors (Lipinski definition) is 0. The van der Waals surface area contributed by atoms with E-state index in [1.807, 2.05) is 0 Å². The molecule has 1 heterocycles. The number of ether oxygens (including phenoxy) is 1. The van der Waals surface area contributed by atoms with Gasteiger partial charge < -0.3 is 13.6 Å². The highest BCUT2D eigenvalue weighted by Gasteiger charge is 2.58. The molecule has 1 aliphatic rings. The normalized spacial score (nSPS) is 23.9. The fraction of sp³-hybridized carbons (Fsp3) is 0.647. The van der Waals surface area contributed by atoms with E-state index in [0.29, 0.717) is 12.0 Å². The fourth-order valence-corrected chi connectivity index (χ4v) is 7.77. The molecule has 1 saturated heterocycles. The Morgan fingerprint density at radius 3 is 2.26 bits per heavy atom. The van der Waals surface area contributed by atoms with Gasteiger partial charge in [-0.15, -0.1) is 0 Å². The first-order valence-electron chi connectivity index (χ1n) is 8.11. The van der Waals surface area contributed by atoms with Crippen LogP contribution < -0.4 is 0 Å². The molecule has 0 amide bonds. The predicted octanol–water partition coefficient (Wildman–Crippen LogP) is 4.13. The third kappa shape index (κ3) is 3.82. The minimum absolute atomic E-state index is 0.388. The van der Waals surface area contributed by atoms with Crippen molar-refractivity contribution in [1.29, 1.82) is 0 Å². The second-order valence-electron chi connectivity index (χ2n) is 6.20. The number of aryl methyl sites for hydroxylation is 1. The largest absolute Gasteiger partial charge is 0.396 e. The van der Waals surface area contributed by atoms with Crippen LogP contribution >= 0.6 is 0 Å². The highest BCUT2D eigenvalue weighted by atomic mass is 28.4. The lowest BCUT2D eigenvalue weighted by atomic mass is 10.0. The van der Waals surface area contributed by atoms with Gasteiger partial charge in [0.1, 0.15) is 16.9 Å². The van der Waals surface area contributed by atoms with E-state index in [9.17, 15) is 8.78 Å². The number of hydrogen-bond acceptors (Lipinski definition) is 3. The molecule has 0 N–H and O–H groups in total. The molecule has 23 heavy (non-hydrogen) atoms. The van der Waals surface area contributed by atoms with Gasteiger partial charge in [-0.2, -0.15) is 0 Å². The fourth-order valence-electron chi connectivity index (χ4n) is 3.85. The lowest BCUT2D eigenvalue weighted by Gasteiger charge is -2.48. The van der Waals surface area contributed by atoms with Gasteiger partial charge in [-0.25, -0.2) is 8.78 Å². The smallest absolute Gasteiger partial charge is 0.370 e. The maximum Gasteiger partial charge on any atom is 0.370 e. The maximum absolute atomic E-state index is 13.3. The average molecular weight is 344 g/mol. The van der Waals surface area contributed by atoms with Crippen LogP contribution in [-0.4, -0.2) is 35.1 Å². The summed E-state index contributed by atoms with van der Waals surface area (Å²) in [4.78, 5) is 0. The van der Waals surface area contributed by atoms with Crippen molar-refractivity contribution < 1.29 is 22.4 Å². The first kappa shape index (κ1) is 18.5. The summed E-state index contributed by atoms with van der Waals surface area (Å²) < 4.78 is 44.2. The van der Waals surface area contributed by atoms with Crippen LogP contribution in [0, 0.1) is 11.6 Å². The van der Waals surface area contributed by atoms with E-state index < -0.39 is 20.2 Å². The molecule has 1 atom stereocenters. The van der Waals surface area contributed by atoms with Crippen molar-refractivity contribution in [2.24, 2.45) is 0 Å². The van der Waals surface area contributed by atoms with Crippen LogP contribution in [0.5, 0.6) is 0 Å². The standard InChI is InChI=1S/C17H26F2O3Si/c1-20-17(8-4-5-10-23(17,21-2)22-3)9-6-7-14-11-15(18)13-16(19)12-14/h11-13H,4-10H2,1-3H3. The quantitative estimate of drug-likeness (QED) is 0.696. The summed E-state index contributed by atoms with van der Waals surface area (Å²) in [6.07, 6.45) is 5.25. The zero-order chi connectivity index (χ0) is 16.9. The van der Waals surface area contributed by atoms with Crippen LogP contribution in [0.25, 0.3) is 0 Å². The zero-order valence-corrected chi connectivity index (χ0v) is 15.2. The second-order valence-corrected chi connectivity index (χ2v) is 9.93. The molecule has 130 valence electrons. The Hall–Kier alpha value is -0.823. The van der Waals surface area contributed by atoms with Gasteiger partial charge in [0.15, 0.2) is 0 Å². The second kappa shape index (κ2) is 7.83. The Morgan fingerprint density at radius 1 is 1.04 bits per heavy atom. The summed E-state index contributed by atoms with van der Waals surface area (Å²) in [5.41, 5.74) is 0.673. The molecule has 0 saturated carbocycles. The molecule has 0 bridgehead atoms. The predicted molar refractivity (Wildman–Crippen MR) is 87.5 cm³/mol. The van der Waals surface area contributed by atoms with Crippen LogP contribution in [-0.2, 0) is 20.0 Å². The van der Waals surface area contributed by atoms with Crippen LogP contribution in [0.15, 0.2) is 18.2 Å². The summed E-state index contributed by atoms with van der Waals surface area (Å²) in [5, 5.41) is -0.388. The molecule has 6 heteroatoms. The number of benzene rings is 1. The van der Waals surface area contributed by atoms with Crippen LogP contribution in [0.3, 0.4) is 0 Å². The van der Waals surface area contributed by atoms with E-state index in [4.69, 9.17) is 13.6 Å². The third-order valence-electron chi connectivity index (χ3n) is 5.05. The molecule has 0 aliphatic carbocycles. The van der Waals surface area contributed by atoms with Gasteiger partial charge in [-0.05, 0) is 49.4 Å². The van der Waals surface area contributed by atoms with E-state index in [1.54, 1.807) is 21.3 Å². The highest BCUT2D eigenvalue weighted by Crippen LogP contribution is 2.43. The molecule has 1 aromatic carbocycles. The number of methoxy groups -OCH3 is 1. The minimum Gasteiger partial charge on any atom is -0.396 e. The maximum atomic E-state index is 13.3. The Morgan fingerprint density at radius 2 is 1.70 bits per heavy atom. The zero-order valence-electron chi connectivity index (χ0n) is 14.2. The monoisotopic (exact) mass is 344 g/mol. The molecular weight excluding hydrogens is 318 g/mol. The van der Waals surface area contributed by atoms with Gasteiger partial charge in [0, 0.05) is 27.4 Å². The van der Waals surface area contributed by atoms with Crippen molar-refractivity contribution in [2.45, 2.75) is 49.8 Å². The van der Waals surface area contributed by atoms with E-state index >= 15 is 0 Å². The van der Waals surface area contributed by atoms with Crippen molar-refractivity contribution in [1.82, 2.24) is 0 Å². The molecular formula is C17H26F2O3Si. The van der Waals surface area contributed by atoms with Gasteiger partial charge in [0.05, 0.1) is 0 Å². The number of rotatable bonds is 7. The average Bonchev–Trinajstić information content (AvgIpc) is 2.54. The molecule has 3 nitrogen and oxygen atoms in total. The Balaban J connectivity index is 2.08. The minimum atomic E-state index is -2.44. The van der Waals surface area contributed by atoms with Crippen LogP contribution in [0.2, 0.25) is 6.04 Å². The molecule has 0 spiro atoms. The van der Waals surface area contributed by atoms with Crippen molar-refractivity contribution in [3.8, 4) is 0 Å². The van der Waals surface area contributed by atoms with Gasteiger partial charge in [-0.1, -0.05) is 12.8 Å². The van der Waals surface area contributed by atoms with Crippen molar-refractivity contribution in [3.05, 3.63) is 35.4 Å². The van der Waals surface area contributed by atoms with Crippen LogP contribution in [0.4, 0.5) is 8.78 Å². The molecule has 2 rings (SSSR count). The van der Waals surface area contributed by atoms with E-state index in [1.165, 1.54) is 12.1 Å². The Labute approximate surface area is 138 Å². The van der Waals surface area contributed by atoms with Crippen molar-refractivity contribution in [3.63, 3.8) is 0 Å². The Kier molecular flexibility index (Phi) is 6.31. The SMILES string of the molecule is COC1(CCCc2cc(F)cc(F)c2)CCCC[Si]1(OC)OC. The van der Waals surface area contributed by atoms with Crippen molar-refractivity contribution in [2.75, 3.05) is 21.3 Å². The summed E-state index contributed by atoms with van der Waals surface area (Å²) >= 11 is 0. The van der Waals surface area contributed by atoms with Gasteiger partial charge in [-0.3, -0.25) is 0 Å². The number of halogens is 2. The topological polar surface area (TPSA) is 27.7 Å².